The summed E-state index contributed by atoms with van der Waals surface area (Å²) in [6.07, 6.45) is 17.6. The number of hydrazine groups is 1. The number of nitrogens with one attached hydrogen (secondary N) is 3. The summed E-state index contributed by atoms with van der Waals surface area (Å²) in [6, 6.07) is 3.39. The Labute approximate surface area is 367 Å². The van der Waals surface area contributed by atoms with Gasteiger partial charge in [-0.15, -0.1) is 0 Å². The first kappa shape index (κ1) is 49.6. The first-order valence-electron chi connectivity index (χ1n) is 22.3. The lowest BCUT2D eigenvalue weighted by Gasteiger charge is -2.36. The highest BCUT2D eigenvalue weighted by atomic mass is 16.5. The fraction of sp³-hybridized carbons (Fsp3) is 0.583. The largest absolute Gasteiger partial charge is 0.508 e. The summed E-state index contributed by atoms with van der Waals surface area (Å²) in [4.78, 5) is 83.2. The van der Waals surface area contributed by atoms with Crippen LogP contribution in [0.3, 0.4) is 0 Å². The lowest BCUT2D eigenvalue weighted by molar-refractivity contribution is -0.156. The fourth-order valence-electron chi connectivity index (χ4n) is 8.19. The quantitative estimate of drug-likeness (QED) is 0.119. The Morgan fingerprint density at radius 2 is 1.68 bits per heavy atom. The monoisotopic (exact) mass is 860 g/mol. The molecule has 1 aromatic rings. The third-order valence-corrected chi connectivity index (χ3v) is 12.2. The number of hydrogen-bond acceptors (Lipinski definition) is 10. The number of allylic oxidation sites excluding steroid dienone is 5. The summed E-state index contributed by atoms with van der Waals surface area (Å²) in [5, 5.41) is 28.7. The number of ketones is 1. The van der Waals surface area contributed by atoms with E-state index in [1.165, 1.54) is 36.6 Å². The number of aliphatic hydroxyl groups excluding tert-OH is 1. The second-order valence-corrected chi connectivity index (χ2v) is 17.6. The maximum atomic E-state index is 14.4. The number of cyclic esters (lactones) is 1. The second-order valence-electron chi connectivity index (χ2n) is 17.6. The van der Waals surface area contributed by atoms with Gasteiger partial charge in [0.05, 0.1) is 12.0 Å². The van der Waals surface area contributed by atoms with Crippen LogP contribution in [0.1, 0.15) is 111 Å². The van der Waals surface area contributed by atoms with Crippen LogP contribution in [0.15, 0.2) is 72.4 Å². The zero-order chi connectivity index (χ0) is 45.3. The Morgan fingerprint density at radius 3 is 2.35 bits per heavy atom. The van der Waals surface area contributed by atoms with E-state index in [9.17, 15) is 39.0 Å². The highest BCUT2D eigenvalue weighted by molar-refractivity contribution is 5.93. The van der Waals surface area contributed by atoms with Crippen molar-refractivity contribution in [3.05, 3.63) is 77.9 Å². The van der Waals surface area contributed by atoms with Gasteiger partial charge in [0.15, 0.2) is 0 Å². The Hall–Kier alpha value is -5.08. The number of Topliss-reactive ketones (excluding diaryl/α,β-unsaturated/α-hetero) is 1. The minimum Gasteiger partial charge on any atom is -0.508 e. The van der Waals surface area contributed by atoms with Crippen LogP contribution < -0.4 is 16.1 Å². The van der Waals surface area contributed by atoms with Crippen molar-refractivity contribution in [1.29, 1.82) is 0 Å². The summed E-state index contributed by atoms with van der Waals surface area (Å²) < 4.78 is 6.12. The maximum absolute atomic E-state index is 14.4. The van der Waals surface area contributed by atoms with Crippen molar-refractivity contribution in [1.82, 2.24) is 26.0 Å². The molecule has 0 radical (unpaired) electrons. The van der Waals surface area contributed by atoms with E-state index >= 15 is 0 Å². The van der Waals surface area contributed by atoms with Gasteiger partial charge in [-0.1, -0.05) is 88.6 Å². The van der Waals surface area contributed by atoms with Gasteiger partial charge in [-0.05, 0) is 87.5 Å². The topological polar surface area (TPSA) is 195 Å². The Bertz CT molecular complexity index is 1830. The molecule has 14 heteroatoms. The molecule has 1 saturated carbocycles. The second kappa shape index (κ2) is 24.5. The molecule has 62 heavy (non-hydrogen) atoms. The molecule has 7 atom stereocenters. The number of carbonyl (C=O) groups is 6. The molecular weight excluding hydrogens is 791 g/mol. The van der Waals surface area contributed by atoms with Crippen molar-refractivity contribution in [3.8, 4) is 5.75 Å². The van der Waals surface area contributed by atoms with E-state index < -0.39 is 71.8 Å². The Morgan fingerprint density at radius 1 is 0.968 bits per heavy atom. The van der Waals surface area contributed by atoms with Gasteiger partial charge < -0.3 is 35.3 Å². The van der Waals surface area contributed by atoms with Crippen LogP contribution >= 0.6 is 0 Å². The van der Waals surface area contributed by atoms with Gasteiger partial charge in [-0.25, -0.2) is 5.43 Å². The van der Waals surface area contributed by atoms with E-state index in [2.05, 4.69) is 16.1 Å². The zero-order valence-electron chi connectivity index (χ0n) is 37.4. The highest BCUT2D eigenvalue weighted by Gasteiger charge is 2.38. The van der Waals surface area contributed by atoms with Gasteiger partial charge in [0.2, 0.25) is 17.7 Å². The number of nitrogens with zero attached hydrogens (tertiary/aromatic N) is 2. The van der Waals surface area contributed by atoms with Crippen molar-refractivity contribution >= 4 is 35.4 Å². The number of hydrogen-bond donors (Lipinski definition) is 5. The number of fused-ring (bicyclic) bond motifs is 2. The number of phenolic OH excluding ortho intramolecular Hbond substituents is 1. The predicted molar refractivity (Wildman–Crippen MR) is 237 cm³/mol. The first-order chi connectivity index (χ1) is 29.5. The fourth-order valence-corrected chi connectivity index (χ4v) is 8.19. The summed E-state index contributed by atoms with van der Waals surface area (Å²) >= 11 is 0. The summed E-state index contributed by atoms with van der Waals surface area (Å²) in [6.45, 7) is 8.80. The molecule has 4 amide bonds. The van der Waals surface area contributed by atoms with Crippen LogP contribution in [0.25, 0.3) is 0 Å². The molecule has 14 nitrogen and oxygen atoms in total. The molecule has 2 fully saturated rings. The number of aromatic hydroxyl groups is 1. The molecule has 0 spiro atoms. The van der Waals surface area contributed by atoms with Crippen LogP contribution in [-0.4, -0.2) is 105 Å². The van der Waals surface area contributed by atoms with Crippen LogP contribution in [0.4, 0.5) is 0 Å². The SMILES string of the molecule is CC(=O)CCC1C(=O)NC(C(C)C)C(=O)NC(Cc2cccc(O)c2)C(=O)N2CCCC(N2)C(=O)OC(C(C)=CC=CC(=O)N(C)C2CCCCC2)CC=CC=CCC(C)C1O. The predicted octanol–water partition coefficient (Wildman–Crippen LogP) is 5.15. The molecule has 2 bridgehead atoms. The van der Waals surface area contributed by atoms with Crippen molar-refractivity contribution in [2.24, 2.45) is 17.8 Å². The summed E-state index contributed by atoms with van der Waals surface area (Å²) in [7, 11) is 1.83. The number of carbonyl (C=O) groups excluding carboxylic acids is 6. The van der Waals surface area contributed by atoms with Crippen LogP contribution in [0.5, 0.6) is 5.75 Å². The number of esters is 1. The molecular formula is C48H69N5O9. The van der Waals surface area contributed by atoms with Crippen LogP contribution in [-0.2, 0) is 39.9 Å². The van der Waals surface area contributed by atoms with Gasteiger partial charge in [-0.3, -0.25) is 29.0 Å². The van der Waals surface area contributed by atoms with Gasteiger partial charge in [0.1, 0.15) is 35.8 Å². The number of rotatable bonds is 10. The summed E-state index contributed by atoms with van der Waals surface area (Å²) in [5.74, 6) is -4.39. The third-order valence-electron chi connectivity index (χ3n) is 12.2. The molecule has 2 heterocycles. The van der Waals surface area contributed by atoms with Crippen LogP contribution in [0.2, 0.25) is 0 Å². The van der Waals surface area contributed by atoms with E-state index in [1.807, 2.05) is 45.2 Å². The van der Waals surface area contributed by atoms with Gasteiger partial charge in [0, 0.05) is 45.0 Å². The number of benzene rings is 1. The number of likely N-dealkylation sites (N-methyl/N-ethyl adjacent to an activating group) is 1. The molecule has 1 aromatic carbocycles. The van der Waals surface area contributed by atoms with E-state index in [0.29, 0.717) is 36.8 Å². The van der Waals surface area contributed by atoms with E-state index in [1.54, 1.807) is 43.0 Å². The summed E-state index contributed by atoms with van der Waals surface area (Å²) in [5.41, 5.74) is 4.31. The molecule has 1 aliphatic carbocycles. The molecule has 5 N–H and O–H groups in total. The number of aliphatic hydroxyl groups is 1. The lowest BCUT2D eigenvalue weighted by atomic mass is 9.85. The van der Waals surface area contributed by atoms with Gasteiger partial charge in [0.25, 0.3) is 5.91 Å². The Balaban J connectivity index is 1.67. The van der Waals surface area contributed by atoms with Crippen molar-refractivity contribution in [2.75, 3.05) is 13.6 Å². The number of amides is 4. The lowest BCUT2D eigenvalue weighted by Crippen LogP contribution is -2.62. The van der Waals surface area contributed by atoms with Crippen molar-refractivity contribution in [2.45, 2.75) is 148 Å². The average molecular weight is 860 g/mol. The number of phenols is 1. The number of ether oxygens (including phenoxy) is 1. The average Bonchev–Trinajstić information content (AvgIpc) is 3.24. The maximum Gasteiger partial charge on any atom is 0.325 e. The first-order valence-corrected chi connectivity index (χ1v) is 22.3. The molecule has 2 aliphatic heterocycles. The minimum atomic E-state index is -1.18. The van der Waals surface area contributed by atoms with Crippen LogP contribution in [0, 0.1) is 17.8 Å². The molecule has 3 aliphatic rings. The van der Waals surface area contributed by atoms with E-state index in [-0.39, 0.29) is 49.3 Å². The van der Waals surface area contributed by atoms with E-state index in [0.717, 1.165) is 25.7 Å². The molecule has 340 valence electrons. The normalized spacial score (nSPS) is 26.9. The van der Waals surface area contributed by atoms with E-state index in [4.69, 9.17) is 4.74 Å². The zero-order valence-corrected chi connectivity index (χ0v) is 37.4. The third kappa shape index (κ3) is 15.1. The standard InChI is InChI=1S/C48H69N5O9/c1-31(2)43-46(59)49-40(30-35-19-15-22-37(55)29-35)47(60)53-28-16-23-39(51-53)48(61)62-41(32(3)18-14-25-42(56)52(6)36-20-11-9-12-21-36)24-13-8-7-10-17-33(4)44(57)38(45(58)50-43)27-26-34(5)54/h7-8,10,13-15,18-19,22,25,29,31,33,36,38-41,43-44,51,55,57H,9,11-12,16-17,20-21,23-24,26-28,30H2,1-6H3,(H,49,59)(H,50,58). The van der Waals surface area contributed by atoms with Crippen molar-refractivity contribution in [3.63, 3.8) is 0 Å². The van der Waals surface area contributed by atoms with Gasteiger partial charge in [-0.2, -0.15) is 0 Å². The van der Waals surface area contributed by atoms with Crippen molar-refractivity contribution < 1.29 is 43.7 Å². The minimum absolute atomic E-state index is 0.0130. The smallest absolute Gasteiger partial charge is 0.325 e. The van der Waals surface area contributed by atoms with Gasteiger partial charge >= 0.3 is 5.97 Å². The molecule has 7 unspecified atom stereocenters. The Kier molecular flexibility index (Phi) is 19.6. The molecule has 1 saturated heterocycles. The highest BCUT2D eigenvalue weighted by Crippen LogP contribution is 2.25. The molecule has 4 rings (SSSR count). The molecule has 0 aromatic heterocycles.